The van der Waals surface area contributed by atoms with Gasteiger partial charge in [-0.25, -0.2) is 4.39 Å². The number of nitrogens with zero attached hydrogens (tertiary/aromatic N) is 1. The zero-order valence-corrected chi connectivity index (χ0v) is 15.3. The van der Waals surface area contributed by atoms with Gasteiger partial charge in [-0.15, -0.1) is 0 Å². The maximum atomic E-state index is 13.6. The Morgan fingerprint density at radius 3 is 2.59 bits per heavy atom. The number of aromatic nitrogens is 1. The number of pyridine rings is 1. The number of nitrogens with one attached hydrogen (secondary N) is 1. The molecular formula is C22H21FN2O2. The molecule has 1 N–H and O–H groups in total. The lowest BCUT2D eigenvalue weighted by molar-refractivity contribution is 0.0933. The molecule has 1 fully saturated rings. The smallest absolute Gasteiger partial charge is 0.252 e. The molecule has 1 atom stereocenters. The van der Waals surface area contributed by atoms with Gasteiger partial charge in [-0.05, 0) is 61.6 Å². The number of rotatable bonds is 5. The average Bonchev–Trinajstić information content (AvgIpc) is 3.50. The molecule has 4 nitrogen and oxygen atoms in total. The Morgan fingerprint density at radius 1 is 1.19 bits per heavy atom. The molecular weight excluding hydrogens is 343 g/mol. The molecule has 1 aromatic heterocycles. The molecule has 0 saturated heterocycles. The summed E-state index contributed by atoms with van der Waals surface area (Å²) in [4.78, 5) is 17.4. The summed E-state index contributed by atoms with van der Waals surface area (Å²) in [5, 5.41) is 3.84. The van der Waals surface area contributed by atoms with E-state index in [1.165, 1.54) is 12.1 Å². The first-order chi connectivity index (χ1) is 13.0. The largest absolute Gasteiger partial charge is 0.497 e. The van der Waals surface area contributed by atoms with Crippen LogP contribution in [-0.4, -0.2) is 18.0 Å². The second-order valence-electron chi connectivity index (χ2n) is 7.03. The zero-order chi connectivity index (χ0) is 19.0. The van der Waals surface area contributed by atoms with Crippen molar-refractivity contribution < 1.29 is 13.9 Å². The van der Waals surface area contributed by atoms with Crippen LogP contribution in [0.25, 0.3) is 10.9 Å². The number of fused-ring (bicyclic) bond motifs is 1. The monoisotopic (exact) mass is 364 g/mol. The number of aryl methyl sites for hydroxylation is 1. The summed E-state index contributed by atoms with van der Waals surface area (Å²) in [7, 11) is 1.63. The van der Waals surface area contributed by atoms with Gasteiger partial charge in [-0.3, -0.25) is 9.78 Å². The van der Waals surface area contributed by atoms with Crippen LogP contribution in [0, 0.1) is 18.7 Å². The Balaban J connectivity index is 1.66. The predicted molar refractivity (Wildman–Crippen MR) is 102 cm³/mol. The normalized spacial score (nSPS) is 14.8. The molecule has 27 heavy (non-hydrogen) atoms. The highest BCUT2D eigenvalue weighted by Crippen LogP contribution is 2.41. The van der Waals surface area contributed by atoms with Crippen LogP contribution >= 0.6 is 0 Å². The predicted octanol–water partition coefficient (Wildman–Crippen LogP) is 4.57. The fourth-order valence-corrected chi connectivity index (χ4v) is 3.45. The van der Waals surface area contributed by atoms with Gasteiger partial charge in [0.1, 0.15) is 11.6 Å². The highest BCUT2D eigenvalue weighted by atomic mass is 19.1. The first-order valence-corrected chi connectivity index (χ1v) is 9.07. The molecule has 0 aliphatic heterocycles. The van der Waals surface area contributed by atoms with Crippen LogP contribution in [0.2, 0.25) is 0 Å². The molecule has 3 aromatic rings. The fraction of sp³-hybridized carbons (Fsp3) is 0.273. The van der Waals surface area contributed by atoms with Gasteiger partial charge >= 0.3 is 0 Å². The van der Waals surface area contributed by atoms with Gasteiger partial charge in [0.05, 0.1) is 24.2 Å². The second kappa shape index (κ2) is 6.99. The van der Waals surface area contributed by atoms with E-state index in [1.807, 2.05) is 31.2 Å². The Kier molecular flexibility index (Phi) is 4.52. The molecule has 0 radical (unpaired) electrons. The number of carbonyl (C=O) groups excluding carboxylic acids is 1. The Hall–Kier alpha value is -2.95. The van der Waals surface area contributed by atoms with Gasteiger partial charge < -0.3 is 10.1 Å². The number of ether oxygens (including phenoxy) is 1. The van der Waals surface area contributed by atoms with Gasteiger partial charge in [0, 0.05) is 17.1 Å². The third-order valence-electron chi connectivity index (χ3n) is 5.00. The maximum Gasteiger partial charge on any atom is 0.252 e. The van der Waals surface area contributed by atoms with Crippen LogP contribution in [0.4, 0.5) is 4.39 Å². The highest BCUT2D eigenvalue weighted by Gasteiger charge is 2.34. The number of hydrogen-bond donors (Lipinski definition) is 1. The van der Waals surface area contributed by atoms with Crippen molar-refractivity contribution >= 4 is 16.8 Å². The molecule has 2 aromatic carbocycles. The quantitative estimate of drug-likeness (QED) is 0.721. The fourth-order valence-electron chi connectivity index (χ4n) is 3.45. The van der Waals surface area contributed by atoms with Gasteiger partial charge in [0.25, 0.3) is 5.91 Å². The van der Waals surface area contributed by atoms with E-state index >= 15 is 0 Å². The first-order valence-electron chi connectivity index (χ1n) is 9.07. The van der Waals surface area contributed by atoms with Gasteiger partial charge in [-0.2, -0.15) is 0 Å². The number of amides is 1. The van der Waals surface area contributed by atoms with E-state index in [1.54, 1.807) is 19.2 Å². The molecule has 138 valence electrons. The molecule has 1 aliphatic rings. The van der Waals surface area contributed by atoms with Crippen molar-refractivity contribution in [2.75, 3.05) is 7.11 Å². The van der Waals surface area contributed by atoms with Gasteiger partial charge in [0.15, 0.2) is 0 Å². The number of benzene rings is 2. The Labute approximate surface area is 157 Å². The minimum Gasteiger partial charge on any atom is -0.497 e. The summed E-state index contributed by atoms with van der Waals surface area (Å²) in [6.07, 6.45) is 2.19. The van der Waals surface area contributed by atoms with Gasteiger partial charge in [0.2, 0.25) is 0 Å². The third kappa shape index (κ3) is 3.63. The van der Waals surface area contributed by atoms with Crippen molar-refractivity contribution in [1.29, 1.82) is 0 Å². The van der Waals surface area contributed by atoms with E-state index in [0.717, 1.165) is 24.2 Å². The van der Waals surface area contributed by atoms with Gasteiger partial charge in [-0.1, -0.05) is 12.1 Å². The SMILES string of the molecule is COc1ccc([C@@H](NC(=O)c2cc(C)nc3cc(F)ccc23)C2CC2)cc1. The van der Waals surface area contributed by atoms with E-state index in [2.05, 4.69) is 10.3 Å². The molecule has 1 saturated carbocycles. The van der Waals surface area contributed by atoms with Crippen LogP contribution in [-0.2, 0) is 0 Å². The number of methoxy groups -OCH3 is 1. The van der Waals surface area contributed by atoms with Crippen molar-refractivity contribution in [3.05, 3.63) is 71.2 Å². The minimum atomic E-state index is -0.360. The standard InChI is InChI=1S/C22H21FN2O2/c1-13-11-19(18-10-7-16(23)12-20(18)24-13)22(26)25-21(14-3-4-14)15-5-8-17(27-2)9-6-15/h5-12,14,21H,3-4H2,1-2H3,(H,25,26)/t21-/m0/s1. The molecule has 0 unspecified atom stereocenters. The van der Waals surface area contributed by atoms with Crippen molar-refractivity contribution in [3.8, 4) is 5.75 Å². The first kappa shape index (κ1) is 17.5. The molecule has 1 heterocycles. The van der Waals surface area contributed by atoms with E-state index in [4.69, 9.17) is 4.74 Å². The topological polar surface area (TPSA) is 51.2 Å². The number of halogens is 1. The van der Waals surface area contributed by atoms with Crippen LogP contribution in [0.3, 0.4) is 0 Å². The zero-order valence-electron chi connectivity index (χ0n) is 15.3. The molecule has 4 rings (SSSR count). The summed E-state index contributed by atoms with van der Waals surface area (Å²) in [6, 6.07) is 13.9. The maximum absolute atomic E-state index is 13.6. The highest BCUT2D eigenvalue weighted by molar-refractivity contribution is 6.06. The lowest BCUT2D eigenvalue weighted by atomic mass is 10.0. The Bertz CT molecular complexity index is 992. The van der Waals surface area contributed by atoms with E-state index in [9.17, 15) is 9.18 Å². The molecule has 5 heteroatoms. The summed E-state index contributed by atoms with van der Waals surface area (Å²) in [5.41, 5.74) is 2.77. The van der Waals surface area contributed by atoms with E-state index < -0.39 is 0 Å². The average molecular weight is 364 g/mol. The summed E-state index contributed by atoms with van der Waals surface area (Å²) in [6.45, 7) is 1.81. The van der Waals surface area contributed by atoms with E-state index in [0.29, 0.717) is 28.1 Å². The summed E-state index contributed by atoms with van der Waals surface area (Å²) < 4.78 is 18.8. The summed E-state index contributed by atoms with van der Waals surface area (Å²) >= 11 is 0. The van der Waals surface area contributed by atoms with Crippen LogP contribution in [0.1, 0.15) is 40.5 Å². The van der Waals surface area contributed by atoms with Crippen LogP contribution in [0.5, 0.6) is 5.75 Å². The van der Waals surface area contributed by atoms with Crippen LogP contribution in [0.15, 0.2) is 48.5 Å². The van der Waals surface area contributed by atoms with Crippen molar-refractivity contribution in [2.45, 2.75) is 25.8 Å². The molecule has 1 aliphatic carbocycles. The molecule has 0 spiro atoms. The molecule has 1 amide bonds. The molecule has 0 bridgehead atoms. The van der Waals surface area contributed by atoms with Crippen LogP contribution < -0.4 is 10.1 Å². The number of hydrogen-bond acceptors (Lipinski definition) is 3. The van der Waals surface area contributed by atoms with Crippen molar-refractivity contribution in [1.82, 2.24) is 10.3 Å². The third-order valence-corrected chi connectivity index (χ3v) is 5.00. The van der Waals surface area contributed by atoms with Crippen molar-refractivity contribution in [3.63, 3.8) is 0 Å². The summed E-state index contributed by atoms with van der Waals surface area (Å²) in [5.74, 6) is 0.706. The Morgan fingerprint density at radius 2 is 1.93 bits per heavy atom. The van der Waals surface area contributed by atoms with Crippen molar-refractivity contribution in [2.24, 2.45) is 5.92 Å². The lowest BCUT2D eigenvalue weighted by Gasteiger charge is -2.20. The number of carbonyl (C=O) groups is 1. The lowest BCUT2D eigenvalue weighted by Crippen LogP contribution is -2.30. The minimum absolute atomic E-state index is 0.0487. The second-order valence-corrected chi connectivity index (χ2v) is 7.03. The van der Waals surface area contributed by atoms with E-state index in [-0.39, 0.29) is 17.8 Å².